The lowest BCUT2D eigenvalue weighted by molar-refractivity contribution is 0.416. The van der Waals surface area contributed by atoms with E-state index in [1.54, 1.807) is 18.4 Å². The Hall–Kier alpha value is -2.52. The summed E-state index contributed by atoms with van der Waals surface area (Å²) < 4.78 is 5.73. The quantitative estimate of drug-likeness (QED) is 0.595. The highest BCUT2D eigenvalue weighted by atomic mass is 32.1. The molecule has 126 valence electrons. The van der Waals surface area contributed by atoms with Crippen LogP contribution in [0.1, 0.15) is 22.9 Å². The van der Waals surface area contributed by atoms with Gasteiger partial charge in [0.05, 0.1) is 12.0 Å². The van der Waals surface area contributed by atoms with Crippen molar-refractivity contribution >= 4 is 22.7 Å². The summed E-state index contributed by atoms with van der Waals surface area (Å²) >= 11 is 1.72. The highest BCUT2D eigenvalue weighted by Crippen LogP contribution is 2.50. The number of methoxy groups -OCH3 is 1. The van der Waals surface area contributed by atoms with Crippen molar-refractivity contribution in [2.45, 2.75) is 20.3 Å². The largest absolute Gasteiger partial charge is 0.496 e. The molecule has 3 aromatic rings. The van der Waals surface area contributed by atoms with E-state index in [9.17, 15) is 0 Å². The van der Waals surface area contributed by atoms with Gasteiger partial charge in [0.1, 0.15) is 5.75 Å². The van der Waals surface area contributed by atoms with Gasteiger partial charge in [0.15, 0.2) is 0 Å². The molecule has 0 bridgehead atoms. The van der Waals surface area contributed by atoms with Crippen LogP contribution >= 0.6 is 11.3 Å². The molecule has 0 saturated carbocycles. The molecule has 1 aliphatic heterocycles. The molecule has 0 fully saturated rings. The Balaban J connectivity index is 2.02. The lowest BCUT2D eigenvalue weighted by Gasteiger charge is -2.25. The average molecular weight is 347 g/mol. The lowest BCUT2D eigenvalue weighted by atomic mass is 9.88. The van der Waals surface area contributed by atoms with Gasteiger partial charge in [-0.15, -0.1) is 11.3 Å². The molecule has 25 heavy (non-hydrogen) atoms. The Morgan fingerprint density at radius 3 is 2.68 bits per heavy atom. The third-order valence-electron chi connectivity index (χ3n) is 4.89. The van der Waals surface area contributed by atoms with Crippen LogP contribution in [0.2, 0.25) is 0 Å². The molecule has 1 aliphatic rings. The number of anilines is 1. The van der Waals surface area contributed by atoms with Crippen LogP contribution in [0, 0.1) is 6.92 Å². The van der Waals surface area contributed by atoms with Crippen LogP contribution in [0.15, 0.2) is 48.4 Å². The van der Waals surface area contributed by atoms with E-state index in [-0.39, 0.29) is 0 Å². The zero-order valence-electron chi connectivity index (χ0n) is 14.8. The number of ether oxygens (including phenoxy) is 1. The van der Waals surface area contributed by atoms with Gasteiger partial charge in [-0.1, -0.05) is 31.7 Å². The summed E-state index contributed by atoms with van der Waals surface area (Å²) in [6, 6.07) is 13.0. The maximum absolute atomic E-state index is 5.73. The molecule has 0 spiro atoms. The van der Waals surface area contributed by atoms with E-state index >= 15 is 0 Å². The summed E-state index contributed by atoms with van der Waals surface area (Å²) in [6.07, 6.45) is 1.05. The van der Waals surface area contributed by atoms with E-state index in [2.05, 4.69) is 61.5 Å². The number of benzene rings is 2. The van der Waals surface area contributed by atoms with E-state index in [0.29, 0.717) is 0 Å². The van der Waals surface area contributed by atoms with Gasteiger partial charge in [0, 0.05) is 28.1 Å². The number of thiophene rings is 1. The van der Waals surface area contributed by atoms with Gasteiger partial charge in [0.25, 0.3) is 0 Å². The minimum Gasteiger partial charge on any atom is -0.496 e. The number of rotatable bonds is 3. The zero-order chi connectivity index (χ0) is 17.6. The molecule has 1 N–H and O–H groups in total. The molecule has 0 aliphatic carbocycles. The number of fused-ring (bicyclic) bond motifs is 3. The summed E-state index contributed by atoms with van der Waals surface area (Å²) in [5.41, 5.74) is 9.52. The van der Waals surface area contributed by atoms with Crippen molar-refractivity contribution in [3.05, 3.63) is 64.4 Å². The predicted molar refractivity (Wildman–Crippen MR) is 109 cm³/mol. The molecule has 0 radical (unpaired) electrons. The number of aryl methyl sites for hydroxylation is 2. The van der Waals surface area contributed by atoms with E-state index in [1.165, 1.54) is 32.7 Å². The standard InChI is InChI=1S/C22H21NOS/c1-5-15-6-7-16(12-13(15)2)20-19(24-4)9-8-18-21(20)17-10-11-25-22(17)14(3)23-18/h6-12,23H,3,5H2,1-2,4H3. The minimum atomic E-state index is 0.897. The van der Waals surface area contributed by atoms with Crippen LogP contribution in [0.4, 0.5) is 5.69 Å². The molecule has 0 amide bonds. The fraction of sp³-hybridized carbons (Fsp3) is 0.182. The maximum atomic E-state index is 5.73. The summed E-state index contributed by atoms with van der Waals surface area (Å²) in [5, 5.41) is 5.59. The fourth-order valence-corrected chi connectivity index (χ4v) is 4.46. The lowest BCUT2D eigenvalue weighted by Crippen LogP contribution is -2.06. The third-order valence-corrected chi connectivity index (χ3v) is 5.87. The number of hydrogen-bond donors (Lipinski definition) is 1. The molecular formula is C22H21NOS. The highest BCUT2D eigenvalue weighted by molar-refractivity contribution is 7.11. The normalized spacial score (nSPS) is 12.4. The molecule has 3 heteroatoms. The molecule has 4 rings (SSSR count). The monoisotopic (exact) mass is 347 g/mol. The molecular weight excluding hydrogens is 326 g/mol. The third kappa shape index (κ3) is 2.47. The SMILES string of the molecule is C=C1Nc2ccc(OC)c(-c3ccc(CC)c(C)c3)c2-c2ccsc21. The van der Waals surface area contributed by atoms with Crippen molar-refractivity contribution in [1.29, 1.82) is 0 Å². The summed E-state index contributed by atoms with van der Waals surface area (Å²) in [6.45, 7) is 8.55. The highest BCUT2D eigenvalue weighted by Gasteiger charge is 2.25. The number of nitrogens with one attached hydrogen (secondary N) is 1. The summed E-state index contributed by atoms with van der Waals surface area (Å²) in [7, 11) is 1.74. The second-order valence-corrected chi connectivity index (χ2v) is 7.24. The van der Waals surface area contributed by atoms with Gasteiger partial charge < -0.3 is 10.1 Å². The summed E-state index contributed by atoms with van der Waals surface area (Å²) in [5.74, 6) is 0.897. The van der Waals surface area contributed by atoms with Crippen molar-refractivity contribution in [1.82, 2.24) is 0 Å². The maximum Gasteiger partial charge on any atom is 0.127 e. The van der Waals surface area contributed by atoms with Crippen molar-refractivity contribution in [3.8, 4) is 28.0 Å². The first kappa shape index (κ1) is 16.0. The van der Waals surface area contributed by atoms with Gasteiger partial charge in [-0.25, -0.2) is 0 Å². The molecule has 1 aromatic heterocycles. The van der Waals surface area contributed by atoms with Crippen molar-refractivity contribution in [2.75, 3.05) is 12.4 Å². The zero-order valence-corrected chi connectivity index (χ0v) is 15.6. The van der Waals surface area contributed by atoms with Crippen molar-refractivity contribution < 1.29 is 4.74 Å². The first-order chi connectivity index (χ1) is 12.1. The molecule has 0 unspecified atom stereocenters. The van der Waals surface area contributed by atoms with Crippen LogP contribution in [-0.2, 0) is 6.42 Å². The smallest absolute Gasteiger partial charge is 0.127 e. The van der Waals surface area contributed by atoms with Gasteiger partial charge in [-0.3, -0.25) is 0 Å². The average Bonchev–Trinajstić information content (AvgIpc) is 3.11. The minimum absolute atomic E-state index is 0.897. The summed E-state index contributed by atoms with van der Waals surface area (Å²) in [4.78, 5) is 1.20. The van der Waals surface area contributed by atoms with E-state index < -0.39 is 0 Å². The Bertz CT molecular complexity index is 984. The van der Waals surface area contributed by atoms with Gasteiger partial charge >= 0.3 is 0 Å². The Morgan fingerprint density at radius 2 is 1.96 bits per heavy atom. The Morgan fingerprint density at radius 1 is 1.12 bits per heavy atom. The Labute approximate surface area is 152 Å². The first-order valence-corrected chi connectivity index (χ1v) is 9.37. The Kier molecular flexibility index (Phi) is 3.89. The van der Waals surface area contributed by atoms with E-state index in [1.807, 2.05) is 6.07 Å². The van der Waals surface area contributed by atoms with Crippen LogP contribution < -0.4 is 10.1 Å². The topological polar surface area (TPSA) is 21.3 Å². The number of hydrogen-bond acceptors (Lipinski definition) is 3. The van der Waals surface area contributed by atoms with Crippen molar-refractivity contribution in [3.63, 3.8) is 0 Å². The van der Waals surface area contributed by atoms with Gasteiger partial charge in [0.2, 0.25) is 0 Å². The van der Waals surface area contributed by atoms with Gasteiger partial charge in [-0.2, -0.15) is 0 Å². The molecule has 0 atom stereocenters. The van der Waals surface area contributed by atoms with Crippen LogP contribution in [0.3, 0.4) is 0 Å². The van der Waals surface area contributed by atoms with Crippen LogP contribution in [-0.4, -0.2) is 7.11 Å². The molecule has 2 nitrogen and oxygen atoms in total. The second-order valence-electron chi connectivity index (χ2n) is 6.33. The second kappa shape index (κ2) is 6.08. The molecule has 2 heterocycles. The van der Waals surface area contributed by atoms with Gasteiger partial charge in [-0.05, 0) is 53.6 Å². The van der Waals surface area contributed by atoms with Crippen LogP contribution in [0.5, 0.6) is 5.75 Å². The van der Waals surface area contributed by atoms with E-state index in [4.69, 9.17) is 4.74 Å². The van der Waals surface area contributed by atoms with Crippen molar-refractivity contribution in [2.24, 2.45) is 0 Å². The first-order valence-electron chi connectivity index (χ1n) is 8.49. The fourth-order valence-electron chi connectivity index (χ4n) is 3.63. The molecule has 0 saturated heterocycles. The van der Waals surface area contributed by atoms with E-state index in [0.717, 1.165) is 29.1 Å². The van der Waals surface area contributed by atoms with Crippen LogP contribution in [0.25, 0.3) is 28.0 Å². The molecule has 2 aromatic carbocycles. The predicted octanol–water partition coefficient (Wildman–Crippen LogP) is 6.36.